The molecule has 1 aromatic heterocycles. The lowest BCUT2D eigenvalue weighted by Gasteiger charge is -2.40. The number of anilines is 1. The molecule has 0 radical (unpaired) electrons. The van der Waals surface area contributed by atoms with Gasteiger partial charge in [-0.3, -0.25) is 9.78 Å². The number of benzene rings is 1. The van der Waals surface area contributed by atoms with E-state index in [0.717, 1.165) is 5.56 Å². The number of nitrogens with zero attached hydrogens (tertiary/aromatic N) is 1. The quantitative estimate of drug-likeness (QED) is 0.878. The van der Waals surface area contributed by atoms with Gasteiger partial charge < -0.3 is 15.2 Å². The highest BCUT2D eigenvalue weighted by molar-refractivity contribution is 5.99. The highest BCUT2D eigenvalue weighted by atomic mass is 16.5. The molecule has 1 amide bonds. The standard InChI is InChI=1S/C16H16N2O3/c1-10-8-17-9-12-13(10)16(20,11-6-4-3-5-7-11)14(21-2)15(19)18-12/h3-9,14,20H,1-2H3,(H,18,19). The molecule has 1 aliphatic rings. The number of methoxy groups -OCH3 is 1. The van der Waals surface area contributed by atoms with Crippen molar-refractivity contribution in [2.75, 3.05) is 12.4 Å². The lowest BCUT2D eigenvalue weighted by Crippen LogP contribution is -2.53. The van der Waals surface area contributed by atoms with Crippen molar-refractivity contribution in [2.45, 2.75) is 18.6 Å². The van der Waals surface area contributed by atoms with Crippen molar-refractivity contribution in [3.63, 3.8) is 0 Å². The van der Waals surface area contributed by atoms with Crippen molar-refractivity contribution in [1.82, 2.24) is 4.98 Å². The lowest BCUT2D eigenvalue weighted by molar-refractivity contribution is -0.142. The predicted molar refractivity (Wildman–Crippen MR) is 77.8 cm³/mol. The van der Waals surface area contributed by atoms with Gasteiger partial charge in [0.05, 0.1) is 11.9 Å². The Labute approximate surface area is 122 Å². The Bertz CT molecular complexity index is 687. The number of hydrogen-bond acceptors (Lipinski definition) is 4. The van der Waals surface area contributed by atoms with E-state index >= 15 is 0 Å². The number of aromatic nitrogens is 1. The van der Waals surface area contributed by atoms with Gasteiger partial charge in [0.1, 0.15) is 0 Å². The number of rotatable bonds is 2. The van der Waals surface area contributed by atoms with E-state index in [1.54, 1.807) is 24.5 Å². The van der Waals surface area contributed by atoms with Crippen molar-refractivity contribution < 1.29 is 14.6 Å². The van der Waals surface area contributed by atoms with Crippen LogP contribution in [-0.4, -0.2) is 29.2 Å². The average molecular weight is 284 g/mol. The van der Waals surface area contributed by atoms with E-state index in [9.17, 15) is 9.90 Å². The van der Waals surface area contributed by atoms with E-state index in [1.165, 1.54) is 7.11 Å². The van der Waals surface area contributed by atoms with Crippen LogP contribution < -0.4 is 5.32 Å². The van der Waals surface area contributed by atoms with E-state index in [1.807, 2.05) is 25.1 Å². The Balaban J connectivity index is 2.32. The van der Waals surface area contributed by atoms with Crippen molar-refractivity contribution in [3.05, 3.63) is 59.4 Å². The molecule has 108 valence electrons. The van der Waals surface area contributed by atoms with Crippen LogP contribution in [0.4, 0.5) is 5.69 Å². The zero-order chi connectivity index (χ0) is 15.0. The molecule has 2 heterocycles. The fraction of sp³-hybridized carbons (Fsp3) is 0.250. The van der Waals surface area contributed by atoms with Crippen LogP contribution in [0.2, 0.25) is 0 Å². The Morgan fingerprint density at radius 1 is 1.29 bits per heavy atom. The van der Waals surface area contributed by atoms with Gasteiger partial charge in [-0.1, -0.05) is 30.3 Å². The molecule has 1 aliphatic heterocycles. The predicted octanol–water partition coefficient (Wildman–Crippen LogP) is 1.59. The molecule has 1 aromatic carbocycles. The van der Waals surface area contributed by atoms with Crippen molar-refractivity contribution in [1.29, 1.82) is 0 Å². The molecular weight excluding hydrogens is 268 g/mol. The summed E-state index contributed by atoms with van der Waals surface area (Å²) in [6.45, 7) is 1.85. The van der Waals surface area contributed by atoms with Crippen LogP contribution >= 0.6 is 0 Å². The highest BCUT2D eigenvalue weighted by Gasteiger charge is 2.50. The summed E-state index contributed by atoms with van der Waals surface area (Å²) in [4.78, 5) is 16.3. The molecule has 0 fully saturated rings. The number of pyridine rings is 1. The normalized spacial score (nSPS) is 24.3. The molecule has 0 saturated carbocycles. The summed E-state index contributed by atoms with van der Waals surface area (Å²) < 4.78 is 5.30. The van der Waals surface area contributed by atoms with Gasteiger partial charge in [-0.2, -0.15) is 0 Å². The van der Waals surface area contributed by atoms with E-state index in [0.29, 0.717) is 16.8 Å². The maximum Gasteiger partial charge on any atom is 0.257 e. The summed E-state index contributed by atoms with van der Waals surface area (Å²) in [5, 5.41) is 14.1. The first-order valence-corrected chi connectivity index (χ1v) is 6.65. The molecule has 0 saturated heterocycles. The molecule has 5 heteroatoms. The smallest absolute Gasteiger partial charge is 0.257 e. The highest BCUT2D eigenvalue weighted by Crippen LogP contribution is 2.43. The fourth-order valence-corrected chi connectivity index (χ4v) is 2.95. The number of ether oxygens (including phenoxy) is 1. The monoisotopic (exact) mass is 284 g/mol. The molecule has 3 rings (SSSR count). The second kappa shape index (κ2) is 4.95. The second-order valence-electron chi connectivity index (χ2n) is 5.12. The third-order valence-electron chi connectivity index (χ3n) is 3.84. The average Bonchev–Trinajstić information content (AvgIpc) is 2.48. The molecule has 0 aliphatic carbocycles. The van der Waals surface area contributed by atoms with Gasteiger partial charge in [0.25, 0.3) is 5.91 Å². The SMILES string of the molecule is COC1C(=O)Nc2cncc(C)c2C1(O)c1ccccc1. The van der Waals surface area contributed by atoms with Gasteiger partial charge in [-0.05, 0) is 18.1 Å². The van der Waals surface area contributed by atoms with E-state index in [-0.39, 0.29) is 5.91 Å². The van der Waals surface area contributed by atoms with Crippen LogP contribution in [0, 0.1) is 6.92 Å². The second-order valence-corrected chi connectivity index (χ2v) is 5.12. The maximum atomic E-state index is 12.3. The summed E-state index contributed by atoms with van der Waals surface area (Å²) in [6, 6.07) is 9.08. The Morgan fingerprint density at radius 2 is 2.00 bits per heavy atom. The van der Waals surface area contributed by atoms with Gasteiger partial charge in [0, 0.05) is 18.9 Å². The van der Waals surface area contributed by atoms with Crippen LogP contribution in [0.1, 0.15) is 16.7 Å². The molecule has 2 atom stereocenters. The number of fused-ring (bicyclic) bond motifs is 1. The zero-order valence-corrected chi connectivity index (χ0v) is 11.8. The minimum absolute atomic E-state index is 0.385. The number of hydrogen-bond donors (Lipinski definition) is 2. The van der Waals surface area contributed by atoms with Gasteiger partial charge in [-0.25, -0.2) is 0 Å². The Kier molecular flexibility index (Phi) is 3.23. The van der Waals surface area contributed by atoms with Crippen molar-refractivity contribution in [2.24, 2.45) is 0 Å². The van der Waals surface area contributed by atoms with E-state index in [2.05, 4.69) is 10.3 Å². The summed E-state index contributed by atoms with van der Waals surface area (Å²) in [6.07, 6.45) is 2.19. The summed E-state index contributed by atoms with van der Waals surface area (Å²) in [7, 11) is 1.42. The summed E-state index contributed by atoms with van der Waals surface area (Å²) in [5.74, 6) is -0.385. The summed E-state index contributed by atoms with van der Waals surface area (Å²) in [5.41, 5.74) is 0.999. The molecule has 5 nitrogen and oxygen atoms in total. The molecule has 2 N–H and O–H groups in total. The molecule has 2 aromatic rings. The maximum absolute atomic E-state index is 12.3. The van der Waals surface area contributed by atoms with Crippen LogP contribution in [0.15, 0.2) is 42.7 Å². The number of aryl methyl sites for hydroxylation is 1. The van der Waals surface area contributed by atoms with Crippen molar-refractivity contribution in [3.8, 4) is 0 Å². The number of carbonyl (C=O) groups is 1. The van der Waals surface area contributed by atoms with Crippen LogP contribution in [0.25, 0.3) is 0 Å². The Morgan fingerprint density at radius 3 is 2.67 bits per heavy atom. The third kappa shape index (κ3) is 1.93. The molecule has 0 bridgehead atoms. The minimum atomic E-state index is -1.54. The zero-order valence-electron chi connectivity index (χ0n) is 11.8. The van der Waals surface area contributed by atoms with Gasteiger partial charge in [0.15, 0.2) is 11.7 Å². The van der Waals surface area contributed by atoms with E-state index in [4.69, 9.17) is 4.74 Å². The molecular formula is C16H16N2O3. The first-order chi connectivity index (χ1) is 10.1. The number of amides is 1. The van der Waals surface area contributed by atoms with Crippen LogP contribution in [0.3, 0.4) is 0 Å². The van der Waals surface area contributed by atoms with Gasteiger partial charge in [-0.15, -0.1) is 0 Å². The van der Waals surface area contributed by atoms with Crippen LogP contribution in [0.5, 0.6) is 0 Å². The molecule has 0 spiro atoms. The lowest BCUT2D eigenvalue weighted by atomic mass is 9.77. The Hall–Kier alpha value is -2.24. The molecule has 21 heavy (non-hydrogen) atoms. The van der Waals surface area contributed by atoms with Crippen molar-refractivity contribution >= 4 is 11.6 Å². The first-order valence-electron chi connectivity index (χ1n) is 6.65. The number of carbonyl (C=O) groups excluding carboxylic acids is 1. The van der Waals surface area contributed by atoms with Gasteiger partial charge in [0.2, 0.25) is 0 Å². The number of aliphatic hydroxyl groups is 1. The largest absolute Gasteiger partial charge is 0.377 e. The molecule has 2 unspecified atom stereocenters. The topological polar surface area (TPSA) is 71.5 Å². The van der Waals surface area contributed by atoms with Crippen LogP contribution in [-0.2, 0) is 15.1 Å². The number of nitrogens with one attached hydrogen (secondary N) is 1. The fourth-order valence-electron chi connectivity index (χ4n) is 2.95. The third-order valence-corrected chi connectivity index (χ3v) is 3.84. The first kappa shape index (κ1) is 13.7. The minimum Gasteiger partial charge on any atom is -0.377 e. The van der Waals surface area contributed by atoms with Gasteiger partial charge >= 0.3 is 0 Å². The van der Waals surface area contributed by atoms with E-state index < -0.39 is 11.7 Å². The summed E-state index contributed by atoms with van der Waals surface area (Å²) >= 11 is 0.